The van der Waals surface area contributed by atoms with Crippen molar-refractivity contribution < 1.29 is 19.3 Å². The molecule has 1 heterocycles. The molecule has 3 aliphatic rings. The summed E-state index contributed by atoms with van der Waals surface area (Å²) in [5.41, 5.74) is 0. The fraction of sp³-hybridized carbons (Fsp3) is 1.00. The first-order chi connectivity index (χ1) is 9.75. The molecule has 2 aliphatic carbocycles. The predicted molar refractivity (Wildman–Crippen MR) is 75.3 cm³/mol. The van der Waals surface area contributed by atoms with E-state index in [2.05, 4.69) is 6.92 Å². The van der Waals surface area contributed by atoms with E-state index in [0.29, 0.717) is 31.0 Å². The van der Waals surface area contributed by atoms with E-state index in [4.69, 9.17) is 14.2 Å². The lowest BCUT2D eigenvalue weighted by atomic mass is 9.77. The summed E-state index contributed by atoms with van der Waals surface area (Å²) in [6.45, 7) is 5.17. The van der Waals surface area contributed by atoms with Crippen LogP contribution in [0.15, 0.2) is 0 Å². The van der Waals surface area contributed by atoms with Gasteiger partial charge in [0.2, 0.25) is 0 Å². The van der Waals surface area contributed by atoms with E-state index in [0.717, 1.165) is 45.3 Å². The van der Waals surface area contributed by atoms with Gasteiger partial charge in [-0.1, -0.05) is 13.3 Å². The molecule has 1 saturated heterocycles. The van der Waals surface area contributed by atoms with Gasteiger partial charge in [0.05, 0.1) is 25.9 Å². The Labute approximate surface area is 121 Å². The number of hydrogen-bond acceptors (Lipinski definition) is 4. The predicted octanol–water partition coefficient (Wildman–Crippen LogP) is 2.34. The number of rotatable bonds is 5. The van der Waals surface area contributed by atoms with Crippen LogP contribution < -0.4 is 0 Å². The highest BCUT2D eigenvalue weighted by molar-refractivity contribution is 5.01. The third-order valence-corrected chi connectivity index (χ3v) is 5.36. The summed E-state index contributed by atoms with van der Waals surface area (Å²) in [4.78, 5) is 0. The standard InChI is InChI=1S/C16H28O4/c1-2-3-6-18-11-15-14-5-4-13(17)9-12(14)10-16(15)19-7-8-20-16/h12-15,17H,2-11H2,1H3/t12-,13+,14+,15?/m0/s1. The van der Waals surface area contributed by atoms with Crippen molar-refractivity contribution in [3.05, 3.63) is 0 Å². The topological polar surface area (TPSA) is 47.9 Å². The zero-order valence-electron chi connectivity index (χ0n) is 12.6. The van der Waals surface area contributed by atoms with E-state index >= 15 is 0 Å². The first kappa shape index (κ1) is 14.8. The first-order valence-corrected chi connectivity index (χ1v) is 8.29. The number of unbranched alkanes of at least 4 members (excludes halogenated alkanes) is 1. The molecular weight excluding hydrogens is 256 g/mol. The minimum Gasteiger partial charge on any atom is -0.393 e. The lowest BCUT2D eigenvalue weighted by Gasteiger charge is -2.34. The third-order valence-electron chi connectivity index (χ3n) is 5.36. The van der Waals surface area contributed by atoms with Crippen molar-refractivity contribution in [1.29, 1.82) is 0 Å². The molecule has 0 aromatic rings. The molecule has 3 fully saturated rings. The Kier molecular flexibility index (Phi) is 4.65. The second-order valence-electron chi connectivity index (χ2n) is 6.64. The maximum absolute atomic E-state index is 9.91. The summed E-state index contributed by atoms with van der Waals surface area (Å²) in [5, 5.41) is 9.91. The van der Waals surface area contributed by atoms with E-state index in [1.807, 2.05) is 0 Å². The largest absolute Gasteiger partial charge is 0.393 e. The summed E-state index contributed by atoms with van der Waals surface area (Å²) in [5.74, 6) is 1.07. The Bertz CT molecular complexity index is 314. The highest BCUT2D eigenvalue weighted by atomic mass is 16.7. The lowest BCUT2D eigenvalue weighted by molar-refractivity contribution is -0.198. The zero-order valence-corrected chi connectivity index (χ0v) is 12.6. The third kappa shape index (κ3) is 2.76. The molecule has 116 valence electrons. The second kappa shape index (κ2) is 6.30. The van der Waals surface area contributed by atoms with Crippen molar-refractivity contribution in [2.45, 2.75) is 57.3 Å². The van der Waals surface area contributed by atoms with Crippen LogP contribution in [0.1, 0.15) is 45.4 Å². The Balaban J connectivity index is 1.66. The van der Waals surface area contributed by atoms with Crippen molar-refractivity contribution in [2.24, 2.45) is 17.8 Å². The minimum atomic E-state index is -0.411. The molecule has 1 unspecified atom stereocenters. The minimum absolute atomic E-state index is 0.130. The lowest BCUT2D eigenvalue weighted by Crippen LogP contribution is -2.40. The molecule has 4 heteroatoms. The molecule has 1 aliphatic heterocycles. The fourth-order valence-corrected chi connectivity index (χ4v) is 4.38. The van der Waals surface area contributed by atoms with Gasteiger partial charge >= 0.3 is 0 Å². The first-order valence-electron chi connectivity index (χ1n) is 8.29. The van der Waals surface area contributed by atoms with E-state index < -0.39 is 5.79 Å². The van der Waals surface area contributed by atoms with Gasteiger partial charge in [0, 0.05) is 18.9 Å². The van der Waals surface area contributed by atoms with Crippen molar-refractivity contribution in [3.63, 3.8) is 0 Å². The maximum Gasteiger partial charge on any atom is 0.174 e. The quantitative estimate of drug-likeness (QED) is 0.787. The average Bonchev–Trinajstić information content (AvgIpc) is 3.00. The number of ether oxygens (including phenoxy) is 3. The maximum atomic E-state index is 9.91. The Morgan fingerprint density at radius 2 is 2.05 bits per heavy atom. The molecule has 1 N–H and O–H groups in total. The van der Waals surface area contributed by atoms with E-state index in [9.17, 15) is 5.11 Å². The molecule has 4 nitrogen and oxygen atoms in total. The second-order valence-corrected chi connectivity index (χ2v) is 6.64. The number of aliphatic hydroxyl groups is 1. The Morgan fingerprint density at radius 3 is 2.80 bits per heavy atom. The van der Waals surface area contributed by atoms with Crippen molar-refractivity contribution in [1.82, 2.24) is 0 Å². The average molecular weight is 284 g/mol. The van der Waals surface area contributed by atoms with Crippen LogP contribution in [0.5, 0.6) is 0 Å². The van der Waals surface area contributed by atoms with E-state index in [-0.39, 0.29) is 6.10 Å². The summed E-state index contributed by atoms with van der Waals surface area (Å²) in [7, 11) is 0. The van der Waals surface area contributed by atoms with Crippen LogP contribution in [-0.2, 0) is 14.2 Å². The van der Waals surface area contributed by atoms with Crippen LogP contribution in [0, 0.1) is 17.8 Å². The summed E-state index contributed by atoms with van der Waals surface area (Å²) < 4.78 is 17.9. The van der Waals surface area contributed by atoms with Crippen LogP contribution in [0.2, 0.25) is 0 Å². The normalized spacial score (nSPS) is 39.3. The van der Waals surface area contributed by atoms with Gasteiger partial charge in [-0.2, -0.15) is 0 Å². The molecule has 0 aromatic heterocycles. The van der Waals surface area contributed by atoms with Crippen molar-refractivity contribution >= 4 is 0 Å². The van der Waals surface area contributed by atoms with Gasteiger partial charge in [0.1, 0.15) is 0 Å². The smallest absolute Gasteiger partial charge is 0.174 e. The fourth-order valence-electron chi connectivity index (χ4n) is 4.38. The molecule has 0 aromatic carbocycles. The number of hydrogen-bond donors (Lipinski definition) is 1. The van der Waals surface area contributed by atoms with E-state index in [1.54, 1.807) is 0 Å². The van der Waals surface area contributed by atoms with Gasteiger partial charge in [0.25, 0.3) is 0 Å². The molecule has 1 spiro atoms. The summed E-state index contributed by atoms with van der Waals surface area (Å²) >= 11 is 0. The molecule has 2 saturated carbocycles. The monoisotopic (exact) mass is 284 g/mol. The van der Waals surface area contributed by atoms with Gasteiger partial charge < -0.3 is 19.3 Å². The van der Waals surface area contributed by atoms with Gasteiger partial charge in [-0.05, 0) is 37.5 Å². The molecule has 3 rings (SSSR count). The van der Waals surface area contributed by atoms with Gasteiger partial charge in [-0.25, -0.2) is 0 Å². The van der Waals surface area contributed by atoms with Crippen LogP contribution in [0.4, 0.5) is 0 Å². The van der Waals surface area contributed by atoms with E-state index in [1.165, 1.54) is 6.42 Å². The molecular formula is C16H28O4. The highest BCUT2D eigenvalue weighted by Crippen LogP contribution is 2.54. The summed E-state index contributed by atoms with van der Waals surface area (Å²) in [6.07, 6.45) is 6.01. The van der Waals surface area contributed by atoms with Crippen molar-refractivity contribution in [2.75, 3.05) is 26.4 Å². The van der Waals surface area contributed by atoms with Crippen molar-refractivity contribution in [3.8, 4) is 0 Å². The molecule has 0 amide bonds. The van der Waals surface area contributed by atoms with Gasteiger partial charge in [-0.3, -0.25) is 0 Å². The Morgan fingerprint density at radius 1 is 1.25 bits per heavy atom. The highest BCUT2D eigenvalue weighted by Gasteiger charge is 2.58. The van der Waals surface area contributed by atoms with Gasteiger partial charge in [0.15, 0.2) is 5.79 Å². The summed E-state index contributed by atoms with van der Waals surface area (Å²) in [6, 6.07) is 0. The Hall–Kier alpha value is -0.160. The SMILES string of the molecule is CCCCOCC1[C@@H]2CC[C@@H](O)C[C@H]2CC12OCCO2. The molecule has 0 bridgehead atoms. The van der Waals surface area contributed by atoms with Crippen LogP contribution in [0.3, 0.4) is 0 Å². The zero-order chi connectivity index (χ0) is 14.0. The van der Waals surface area contributed by atoms with Crippen LogP contribution in [0.25, 0.3) is 0 Å². The van der Waals surface area contributed by atoms with Crippen LogP contribution in [-0.4, -0.2) is 43.4 Å². The number of fused-ring (bicyclic) bond motifs is 1. The van der Waals surface area contributed by atoms with Crippen LogP contribution >= 0.6 is 0 Å². The molecule has 20 heavy (non-hydrogen) atoms. The molecule has 0 radical (unpaired) electrons. The van der Waals surface area contributed by atoms with Gasteiger partial charge in [-0.15, -0.1) is 0 Å². The number of aliphatic hydroxyl groups excluding tert-OH is 1. The molecule has 4 atom stereocenters.